The summed E-state index contributed by atoms with van der Waals surface area (Å²) in [5, 5.41) is 0. The Labute approximate surface area is 119 Å². The maximum Gasteiger partial charge on any atom is 0.229 e. The monoisotopic (exact) mass is 274 g/mol. The maximum absolute atomic E-state index is 12.1. The van der Waals surface area contributed by atoms with Crippen LogP contribution in [0.1, 0.15) is 43.9 Å². The van der Waals surface area contributed by atoms with Crippen molar-refractivity contribution in [3.8, 4) is 0 Å². The smallest absolute Gasteiger partial charge is 0.229 e. The van der Waals surface area contributed by atoms with Crippen molar-refractivity contribution < 1.29 is 9.59 Å². The van der Waals surface area contributed by atoms with E-state index in [1.54, 1.807) is 0 Å². The summed E-state index contributed by atoms with van der Waals surface area (Å²) in [6.45, 7) is 6.14. The van der Waals surface area contributed by atoms with Gasteiger partial charge in [-0.3, -0.25) is 14.5 Å². The molecule has 1 aliphatic rings. The zero-order chi connectivity index (χ0) is 14.9. The molecule has 20 heavy (non-hydrogen) atoms. The molecule has 108 valence electrons. The normalized spacial score (nSPS) is 20.1. The molecule has 1 aromatic rings. The standard InChI is InChI=1S/C16H22N2O2/c1-11-6-4-5-7-12(11)13(17)10-18-14(19)8-16(2,3)9-15(18)20/h4-7,13H,8-10,17H2,1-3H3. The third kappa shape index (κ3) is 3.07. The molecule has 0 aliphatic carbocycles. The van der Waals surface area contributed by atoms with Crippen LogP contribution in [0.2, 0.25) is 0 Å². The number of nitrogens with two attached hydrogens (primary N) is 1. The molecular formula is C16H22N2O2. The lowest BCUT2D eigenvalue weighted by molar-refractivity contribution is -0.152. The zero-order valence-electron chi connectivity index (χ0n) is 12.3. The first-order valence-corrected chi connectivity index (χ1v) is 6.94. The van der Waals surface area contributed by atoms with Crippen LogP contribution in [0.5, 0.6) is 0 Å². The highest BCUT2D eigenvalue weighted by Crippen LogP contribution is 2.32. The van der Waals surface area contributed by atoms with E-state index in [-0.39, 0.29) is 29.8 Å². The van der Waals surface area contributed by atoms with E-state index >= 15 is 0 Å². The Kier molecular flexibility index (Phi) is 3.95. The average molecular weight is 274 g/mol. The van der Waals surface area contributed by atoms with Gasteiger partial charge in [-0.05, 0) is 23.5 Å². The fourth-order valence-corrected chi connectivity index (χ4v) is 2.71. The molecule has 4 nitrogen and oxygen atoms in total. The Morgan fingerprint density at radius 1 is 1.20 bits per heavy atom. The van der Waals surface area contributed by atoms with E-state index in [2.05, 4.69) is 0 Å². The number of hydrogen-bond donors (Lipinski definition) is 1. The number of piperidine rings is 1. The first kappa shape index (κ1) is 14.7. The van der Waals surface area contributed by atoms with Crippen molar-refractivity contribution in [1.82, 2.24) is 4.90 Å². The summed E-state index contributed by atoms with van der Waals surface area (Å²) in [6.07, 6.45) is 0.804. The lowest BCUT2D eigenvalue weighted by atomic mass is 9.81. The average Bonchev–Trinajstić information content (AvgIpc) is 2.33. The van der Waals surface area contributed by atoms with Crippen molar-refractivity contribution >= 4 is 11.8 Å². The number of amides is 2. The topological polar surface area (TPSA) is 63.4 Å². The highest BCUT2D eigenvalue weighted by molar-refractivity contribution is 5.98. The van der Waals surface area contributed by atoms with Crippen LogP contribution in [0.4, 0.5) is 0 Å². The molecule has 2 N–H and O–H groups in total. The third-order valence-electron chi connectivity index (χ3n) is 3.83. The lowest BCUT2D eigenvalue weighted by Gasteiger charge is -2.36. The number of rotatable bonds is 3. The Hall–Kier alpha value is -1.68. The van der Waals surface area contributed by atoms with Crippen LogP contribution in [0.25, 0.3) is 0 Å². The summed E-state index contributed by atoms with van der Waals surface area (Å²) in [5.41, 5.74) is 8.00. The number of carbonyl (C=O) groups is 2. The van der Waals surface area contributed by atoms with Crippen LogP contribution >= 0.6 is 0 Å². The number of likely N-dealkylation sites (tertiary alicyclic amines) is 1. The molecule has 1 aromatic carbocycles. The van der Waals surface area contributed by atoms with Crippen molar-refractivity contribution in [3.05, 3.63) is 35.4 Å². The molecule has 1 aliphatic heterocycles. The van der Waals surface area contributed by atoms with E-state index in [0.717, 1.165) is 11.1 Å². The molecule has 2 amide bonds. The van der Waals surface area contributed by atoms with Gasteiger partial charge in [-0.15, -0.1) is 0 Å². The van der Waals surface area contributed by atoms with Gasteiger partial charge in [0, 0.05) is 25.4 Å². The van der Waals surface area contributed by atoms with Gasteiger partial charge in [0.2, 0.25) is 11.8 Å². The molecule has 2 rings (SSSR count). The maximum atomic E-state index is 12.1. The van der Waals surface area contributed by atoms with E-state index < -0.39 is 0 Å². The number of imide groups is 1. The summed E-state index contributed by atoms with van der Waals surface area (Å²) in [7, 11) is 0. The number of aryl methyl sites for hydroxylation is 1. The number of hydrogen-bond acceptors (Lipinski definition) is 3. The van der Waals surface area contributed by atoms with Gasteiger partial charge in [0.1, 0.15) is 0 Å². The Balaban J connectivity index is 2.12. The van der Waals surface area contributed by atoms with E-state index in [1.807, 2.05) is 45.0 Å². The van der Waals surface area contributed by atoms with Gasteiger partial charge in [0.15, 0.2) is 0 Å². The minimum atomic E-state index is -0.328. The van der Waals surface area contributed by atoms with Crippen LogP contribution in [0.15, 0.2) is 24.3 Å². The molecule has 1 unspecified atom stereocenters. The zero-order valence-corrected chi connectivity index (χ0v) is 12.3. The van der Waals surface area contributed by atoms with Crippen molar-refractivity contribution in [3.63, 3.8) is 0 Å². The van der Waals surface area contributed by atoms with Crippen molar-refractivity contribution in [2.75, 3.05) is 6.54 Å². The molecule has 0 bridgehead atoms. The second-order valence-corrected chi connectivity index (χ2v) is 6.38. The van der Waals surface area contributed by atoms with Crippen molar-refractivity contribution in [2.45, 2.75) is 39.7 Å². The SMILES string of the molecule is Cc1ccccc1C(N)CN1C(=O)CC(C)(C)CC1=O. The van der Waals surface area contributed by atoms with Gasteiger partial charge >= 0.3 is 0 Å². The Morgan fingerprint density at radius 3 is 2.30 bits per heavy atom. The molecular weight excluding hydrogens is 252 g/mol. The minimum Gasteiger partial charge on any atom is -0.322 e. The van der Waals surface area contributed by atoms with Gasteiger partial charge < -0.3 is 5.73 Å². The van der Waals surface area contributed by atoms with Crippen molar-refractivity contribution in [2.24, 2.45) is 11.1 Å². The van der Waals surface area contributed by atoms with Gasteiger partial charge in [-0.25, -0.2) is 0 Å². The third-order valence-corrected chi connectivity index (χ3v) is 3.83. The first-order valence-electron chi connectivity index (χ1n) is 6.94. The first-order chi connectivity index (χ1) is 9.30. The molecule has 1 atom stereocenters. The number of nitrogens with zero attached hydrogens (tertiary/aromatic N) is 1. The Bertz CT molecular complexity index is 517. The fraction of sp³-hybridized carbons (Fsp3) is 0.500. The highest BCUT2D eigenvalue weighted by atomic mass is 16.2. The molecule has 1 saturated heterocycles. The second kappa shape index (κ2) is 5.37. The fourth-order valence-electron chi connectivity index (χ4n) is 2.71. The van der Waals surface area contributed by atoms with E-state index in [4.69, 9.17) is 5.73 Å². The van der Waals surface area contributed by atoms with Gasteiger partial charge in [-0.2, -0.15) is 0 Å². The highest BCUT2D eigenvalue weighted by Gasteiger charge is 2.37. The van der Waals surface area contributed by atoms with Crippen LogP contribution in [0.3, 0.4) is 0 Å². The summed E-state index contributed by atoms with van der Waals surface area (Å²) in [6, 6.07) is 7.47. The Morgan fingerprint density at radius 2 is 1.75 bits per heavy atom. The van der Waals surface area contributed by atoms with E-state index in [0.29, 0.717) is 12.8 Å². The second-order valence-electron chi connectivity index (χ2n) is 6.38. The molecule has 0 saturated carbocycles. The van der Waals surface area contributed by atoms with Crippen molar-refractivity contribution in [1.29, 1.82) is 0 Å². The summed E-state index contributed by atoms with van der Waals surface area (Å²) in [5.74, 6) is -0.231. The molecule has 0 spiro atoms. The molecule has 1 fully saturated rings. The number of benzene rings is 1. The molecule has 4 heteroatoms. The van der Waals surface area contributed by atoms with Gasteiger partial charge in [0.25, 0.3) is 0 Å². The molecule has 1 heterocycles. The summed E-state index contributed by atoms with van der Waals surface area (Å²) >= 11 is 0. The van der Waals surface area contributed by atoms with Crippen LogP contribution in [-0.4, -0.2) is 23.3 Å². The quantitative estimate of drug-likeness (QED) is 0.859. The predicted octanol–water partition coefficient (Wildman–Crippen LogP) is 2.17. The minimum absolute atomic E-state index is 0.115. The van der Waals surface area contributed by atoms with Gasteiger partial charge in [-0.1, -0.05) is 38.1 Å². The predicted molar refractivity (Wildman–Crippen MR) is 77.8 cm³/mol. The van der Waals surface area contributed by atoms with Crippen LogP contribution in [0, 0.1) is 12.3 Å². The van der Waals surface area contributed by atoms with Crippen LogP contribution in [-0.2, 0) is 9.59 Å². The van der Waals surface area contributed by atoms with E-state index in [9.17, 15) is 9.59 Å². The largest absolute Gasteiger partial charge is 0.322 e. The lowest BCUT2D eigenvalue weighted by Crippen LogP contribution is -2.48. The van der Waals surface area contributed by atoms with Crippen LogP contribution < -0.4 is 5.73 Å². The van der Waals surface area contributed by atoms with E-state index in [1.165, 1.54) is 4.90 Å². The molecule has 0 aromatic heterocycles. The summed E-state index contributed by atoms with van der Waals surface area (Å²) < 4.78 is 0. The van der Waals surface area contributed by atoms with Gasteiger partial charge in [0.05, 0.1) is 0 Å². The number of carbonyl (C=O) groups excluding carboxylic acids is 2. The molecule has 0 radical (unpaired) electrons. The summed E-state index contributed by atoms with van der Waals surface area (Å²) in [4.78, 5) is 25.6.